The first-order valence-corrected chi connectivity index (χ1v) is 8.79. The first-order chi connectivity index (χ1) is 11.6. The molecule has 0 spiro atoms. The second-order valence-corrected chi connectivity index (χ2v) is 6.90. The summed E-state index contributed by atoms with van der Waals surface area (Å²) in [6.07, 6.45) is 0. The van der Waals surface area contributed by atoms with Crippen LogP contribution in [-0.4, -0.2) is 17.5 Å². The molecule has 1 N–H and O–H groups in total. The van der Waals surface area contributed by atoms with Crippen molar-refractivity contribution in [1.29, 1.82) is 0 Å². The van der Waals surface area contributed by atoms with Gasteiger partial charge in [0, 0.05) is 5.02 Å². The third kappa shape index (κ3) is 4.12. The van der Waals surface area contributed by atoms with Crippen molar-refractivity contribution in [1.82, 2.24) is 10.3 Å². The normalized spacial score (nSPS) is 12.2. The van der Waals surface area contributed by atoms with E-state index >= 15 is 0 Å². The number of carbonyl (C=O) groups is 1. The Morgan fingerprint density at radius 2 is 2.00 bits per heavy atom. The summed E-state index contributed by atoms with van der Waals surface area (Å²) in [6.45, 7) is 2.21. The maximum atomic E-state index is 12.0. The number of hydrogen-bond acceptors (Lipinski definition) is 4. The van der Waals surface area contributed by atoms with Gasteiger partial charge in [0.05, 0.1) is 22.9 Å². The number of nitrogens with zero attached hydrogens (tertiary/aromatic N) is 1. The predicted octanol–water partition coefficient (Wildman–Crippen LogP) is 4.34. The van der Waals surface area contributed by atoms with Gasteiger partial charge in [-0.25, -0.2) is 4.98 Å². The fourth-order valence-corrected chi connectivity index (χ4v) is 3.60. The molecule has 0 aliphatic carbocycles. The van der Waals surface area contributed by atoms with Crippen molar-refractivity contribution in [2.75, 3.05) is 6.61 Å². The largest absolute Gasteiger partial charge is 0.364 e. The monoisotopic (exact) mass is 360 g/mol. The number of carbonyl (C=O) groups excluding carboxylic acids is 1. The van der Waals surface area contributed by atoms with Crippen LogP contribution in [0.5, 0.6) is 0 Å². The third-order valence-electron chi connectivity index (χ3n) is 3.55. The Labute approximate surface area is 149 Å². The van der Waals surface area contributed by atoms with E-state index in [1.165, 1.54) is 0 Å². The Hall–Kier alpha value is -1.95. The van der Waals surface area contributed by atoms with Crippen LogP contribution < -0.4 is 5.32 Å². The highest BCUT2D eigenvalue weighted by Gasteiger charge is 2.12. The molecule has 1 amide bonds. The van der Waals surface area contributed by atoms with E-state index in [2.05, 4.69) is 10.3 Å². The van der Waals surface area contributed by atoms with Crippen LogP contribution in [0.25, 0.3) is 10.2 Å². The minimum absolute atomic E-state index is 0.00921. The Kier molecular flexibility index (Phi) is 5.45. The molecule has 0 aliphatic rings. The van der Waals surface area contributed by atoms with Crippen LogP contribution in [0.1, 0.15) is 23.5 Å². The fraction of sp³-hybridized carbons (Fsp3) is 0.222. The molecule has 0 saturated carbocycles. The van der Waals surface area contributed by atoms with Crippen LogP contribution in [0.4, 0.5) is 0 Å². The lowest BCUT2D eigenvalue weighted by molar-refractivity contribution is -0.126. The van der Waals surface area contributed by atoms with Crippen LogP contribution in [0.2, 0.25) is 5.02 Å². The molecule has 3 rings (SSSR count). The number of amides is 1. The SMILES string of the molecule is CC(NC(=O)COCc1nc2ccccc2s1)c1ccccc1Cl. The van der Waals surface area contributed by atoms with Gasteiger partial charge in [-0.1, -0.05) is 41.9 Å². The van der Waals surface area contributed by atoms with Gasteiger partial charge in [-0.05, 0) is 30.7 Å². The summed E-state index contributed by atoms with van der Waals surface area (Å²) in [4.78, 5) is 16.5. The van der Waals surface area contributed by atoms with Crippen LogP contribution in [0.15, 0.2) is 48.5 Å². The molecule has 0 aliphatic heterocycles. The molecular formula is C18H17ClN2O2S. The average molecular weight is 361 g/mol. The first-order valence-electron chi connectivity index (χ1n) is 7.59. The van der Waals surface area contributed by atoms with Gasteiger partial charge in [0.15, 0.2) is 0 Å². The quantitative estimate of drug-likeness (QED) is 0.711. The van der Waals surface area contributed by atoms with Crippen LogP contribution in [0, 0.1) is 0 Å². The summed E-state index contributed by atoms with van der Waals surface area (Å²) in [5.74, 6) is -0.177. The average Bonchev–Trinajstić information content (AvgIpc) is 2.97. The van der Waals surface area contributed by atoms with Crippen molar-refractivity contribution in [3.05, 3.63) is 64.1 Å². The number of nitrogens with one attached hydrogen (secondary N) is 1. The van der Waals surface area contributed by atoms with Gasteiger partial charge in [-0.2, -0.15) is 0 Å². The van der Waals surface area contributed by atoms with Crippen molar-refractivity contribution >= 4 is 39.1 Å². The van der Waals surface area contributed by atoms with Crippen LogP contribution in [-0.2, 0) is 16.1 Å². The van der Waals surface area contributed by atoms with Crippen molar-refractivity contribution in [2.45, 2.75) is 19.6 Å². The van der Waals surface area contributed by atoms with E-state index in [1.54, 1.807) is 11.3 Å². The number of fused-ring (bicyclic) bond motifs is 1. The van der Waals surface area contributed by atoms with Crippen molar-refractivity contribution in [3.63, 3.8) is 0 Å². The number of hydrogen-bond donors (Lipinski definition) is 1. The van der Waals surface area contributed by atoms with Gasteiger partial charge in [0.2, 0.25) is 5.91 Å². The molecule has 6 heteroatoms. The Bertz CT molecular complexity index is 817. The molecule has 1 aromatic heterocycles. The number of halogens is 1. The summed E-state index contributed by atoms with van der Waals surface area (Å²) in [7, 11) is 0. The van der Waals surface area contributed by atoms with Gasteiger partial charge < -0.3 is 10.1 Å². The number of rotatable bonds is 6. The zero-order chi connectivity index (χ0) is 16.9. The second kappa shape index (κ2) is 7.75. The van der Waals surface area contributed by atoms with Gasteiger partial charge in [0.1, 0.15) is 11.6 Å². The third-order valence-corrected chi connectivity index (χ3v) is 4.90. The van der Waals surface area contributed by atoms with E-state index in [9.17, 15) is 4.79 Å². The highest BCUT2D eigenvalue weighted by atomic mass is 35.5. The fourth-order valence-electron chi connectivity index (χ4n) is 2.40. The minimum Gasteiger partial charge on any atom is -0.364 e. The number of thiazole rings is 1. The zero-order valence-corrected chi connectivity index (χ0v) is 14.7. The van der Waals surface area contributed by atoms with Gasteiger partial charge in [-0.15, -0.1) is 11.3 Å². The Balaban J connectivity index is 1.49. The molecule has 4 nitrogen and oxygen atoms in total. The summed E-state index contributed by atoms with van der Waals surface area (Å²) in [5.41, 5.74) is 1.84. The number of ether oxygens (including phenoxy) is 1. The standard InChI is InChI=1S/C18H17ClN2O2S/c1-12(13-6-2-3-7-14(13)19)20-17(22)10-23-11-18-21-15-8-4-5-9-16(15)24-18/h2-9,12H,10-11H2,1H3,(H,20,22). The Morgan fingerprint density at radius 3 is 2.79 bits per heavy atom. The number of para-hydroxylation sites is 1. The zero-order valence-electron chi connectivity index (χ0n) is 13.2. The highest BCUT2D eigenvalue weighted by Crippen LogP contribution is 2.23. The lowest BCUT2D eigenvalue weighted by Gasteiger charge is -2.15. The lowest BCUT2D eigenvalue weighted by atomic mass is 10.1. The molecule has 1 heterocycles. The summed E-state index contributed by atoms with van der Waals surface area (Å²) in [6, 6.07) is 15.2. The van der Waals surface area contributed by atoms with E-state index in [1.807, 2.05) is 55.5 Å². The van der Waals surface area contributed by atoms with Crippen molar-refractivity contribution < 1.29 is 9.53 Å². The molecule has 1 atom stereocenters. The van der Waals surface area contributed by atoms with E-state index in [-0.39, 0.29) is 18.6 Å². The topological polar surface area (TPSA) is 51.2 Å². The van der Waals surface area contributed by atoms with E-state index in [0.717, 1.165) is 20.8 Å². The summed E-state index contributed by atoms with van der Waals surface area (Å²) >= 11 is 7.71. The first kappa shape index (κ1) is 16.9. The second-order valence-electron chi connectivity index (χ2n) is 5.38. The van der Waals surface area contributed by atoms with E-state index in [0.29, 0.717) is 11.6 Å². The maximum absolute atomic E-state index is 12.0. The van der Waals surface area contributed by atoms with Gasteiger partial charge in [-0.3, -0.25) is 4.79 Å². The highest BCUT2D eigenvalue weighted by molar-refractivity contribution is 7.18. The molecule has 1 unspecified atom stereocenters. The molecular weight excluding hydrogens is 344 g/mol. The summed E-state index contributed by atoms with van der Waals surface area (Å²) in [5, 5.41) is 4.39. The minimum atomic E-state index is -0.177. The predicted molar refractivity (Wildman–Crippen MR) is 97.3 cm³/mol. The van der Waals surface area contributed by atoms with Crippen molar-refractivity contribution in [2.24, 2.45) is 0 Å². The van der Waals surface area contributed by atoms with E-state index < -0.39 is 0 Å². The molecule has 0 saturated heterocycles. The summed E-state index contributed by atoms with van der Waals surface area (Å²) < 4.78 is 6.60. The molecule has 0 radical (unpaired) electrons. The van der Waals surface area contributed by atoms with E-state index in [4.69, 9.17) is 16.3 Å². The van der Waals surface area contributed by atoms with Gasteiger partial charge >= 0.3 is 0 Å². The molecule has 0 bridgehead atoms. The number of benzene rings is 2. The smallest absolute Gasteiger partial charge is 0.246 e. The maximum Gasteiger partial charge on any atom is 0.246 e. The van der Waals surface area contributed by atoms with Crippen LogP contribution in [0.3, 0.4) is 0 Å². The molecule has 24 heavy (non-hydrogen) atoms. The molecule has 124 valence electrons. The van der Waals surface area contributed by atoms with Crippen LogP contribution >= 0.6 is 22.9 Å². The van der Waals surface area contributed by atoms with Gasteiger partial charge in [0.25, 0.3) is 0 Å². The lowest BCUT2D eigenvalue weighted by Crippen LogP contribution is -2.30. The number of aromatic nitrogens is 1. The molecule has 0 fully saturated rings. The van der Waals surface area contributed by atoms with Crippen molar-refractivity contribution in [3.8, 4) is 0 Å². The molecule has 2 aromatic carbocycles. The molecule has 3 aromatic rings. The Morgan fingerprint density at radius 1 is 1.25 bits per heavy atom.